The molecule has 3 heteroatoms. The Morgan fingerprint density at radius 1 is 1.22 bits per heavy atom. The van der Waals surface area contributed by atoms with Crippen molar-refractivity contribution in [3.63, 3.8) is 0 Å². The molecule has 0 aliphatic heterocycles. The molecule has 0 saturated carbocycles. The summed E-state index contributed by atoms with van der Waals surface area (Å²) in [4.78, 5) is 0. The molecule has 0 aromatic heterocycles. The molecule has 0 radical (unpaired) electrons. The van der Waals surface area contributed by atoms with E-state index in [0.29, 0.717) is 12.8 Å². The molecule has 0 unspecified atom stereocenters. The lowest BCUT2D eigenvalue weighted by molar-refractivity contribution is 0.0348. The van der Waals surface area contributed by atoms with E-state index in [0.717, 1.165) is 12.0 Å². The molecule has 3 N–H and O–H groups in total. The van der Waals surface area contributed by atoms with E-state index < -0.39 is 11.7 Å². The van der Waals surface area contributed by atoms with Gasteiger partial charge in [-0.15, -0.1) is 0 Å². The first kappa shape index (κ1) is 13.8. The summed E-state index contributed by atoms with van der Waals surface area (Å²) in [6.45, 7) is 6.07. The van der Waals surface area contributed by atoms with Gasteiger partial charge in [-0.1, -0.05) is 32.1 Å². The zero-order valence-electron chi connectivity index (χ0n) is 11.5. The fraction of sp³-hybridized carbons (Fsp3) is 0.733. The van der Waals surface area contributed by atoms with Crippen LogP contribution in [0.3, 0.4) is 0 Å². The molecule has 0 spiro atoms. The Bertz CT molecular complexity index is 397. The molecule has 2 aliphatic rings. The first-order valence-corrected chi connectivity index (χ1v) is 6.65. The molecule has 2 aliphatic carbocycles. The highest BCUT2D eigenvalue weighted by atomic mass is 16.3. The monoisotopic (exact) mass is 252 g/mol. The lowest BCUT2D eigenvalue weighted by atomic mass is 9.57. The maximum Gasteiger partial charge on any atom is 0.0800 e. The van der Waals surface area contributed by atoms with Gasteiger partial charge in [0, 0.05) is 5.41 Å². The van der Waals surface area contributed by atoms with Crippen molar-refractivity contribution in [3.8, 4) is 0 Å². The van der Waals surface area contributed by atoms with Crippen LogP contribution in [0.4, 0.5) is 0 Å². The van der Waals surface area contributed by atoms with Gasteiger partial charge in [0.25, 0.3) is 0 Å². The van der Waals surface area contributed by atoms with Gasteiger partial charge in [-0.3, -0.25) is 0 Å². The van der Waals surface area contributed by atoms with Crippen LogP contribution in [0, 0.1) is 10.8 Å². The summed E-state index contributed by atoms with van der Waals surface area (Å²) in [6, 6.07) is 0. The van der Waals surface area contributed by atoms with E-state index in [1.807, 2.05) is 13.0 Å². The smallest absolute Gasteiger partial charge is 0.0800 e. The lowest BCUT2D eigenvalue weighted by Crippen LogP contribution is -2.42. The molecular weight excluding hydrogens is 228 g/mol. The van der Waals surface area contributed by atoms with Crippen molar-refractivity contribution in [2.24, 2.45) is 10.8 Å². The zero-order chi connectivity index (χ0) is 13.6. The van der Waals surface area contributed by atoms with Crippen molar-refractivity contribution in [1.82, 2.24) is 0 Å². The Hall–Kier alpha value is -0.640. The van der Waals surface area contributed by atoms with Crippen LogP contribution in [0.2, 0.25) is 0 Å². The fourth-order valence-electron chi connectivity index (χ4n) is 3.35. The van der Waals surface area contributed by atoms with Gasteiger partial charge in [-0.05, 0) is 37.2 Å². The summed E-state index contributed by atoms with van der Waals surface area (Å²) >= 11 is 0. The molecule has 0 aromatic carbocycles. The van der Waals surface area contributed by atoms with Crippen molar-refractivity contribution < 1.29 is 15.3 Å². The van der Waals surface area contributed by atoms with Crippen molar-refractivity contribution in [3.05, 3.63) is 23.8 Å². The summed E-state index contributed by atoms with van der Waals surface area (Å²) in [5, 5.41) is 29.4. The van der Waals surface area contributed by atoms with E-state index in [1.165, 1.54) is 0 Å². The normalized spacial score (nSPS) is 48.3. The minimum absolute atomic E-state index is 0.00656. The van der Waals surface area contributed by atoms with Gasteiger partial charge in [0.1, 0.15) is 0 Å². The van der Waals surface area contributed by atoms with Gasteiger partial charge in [0.15, 0.2) is 0 Å². The van der Waals surface area contributed by atoms with E-state index in [-0.39, 0.29) is 17.4 Å². The molecule has 18 heavy (non-hydrogen) atoms. The zero-order valence-corrected chi connectivity index (χ0v) is 11.5. The van der Waals surface area contributed by atoms with Crippen LogP contribution in [0.25, 0.3) is 0 Å². The average Bonchev–Trinajstić information content (AvgIpc) is 2.60. The first-order valence-electron chi connectivity index (χ1n) is 6.65. The molecule has 4 atom stereocenters. The van der Waals surface area contributed by atoms with Crippen molar-refractivity contribution in [2.45, 2.75) is 51.7 Å². The number of aliphatic hydroxyl groups excluding tert-OH is 2. The maximum atomic E-state index is 10.0. The van der Waals surface area contributed by atoms with E-state index in [2.05, 4.69) is 19.9 Å². The number of allylic oxidation sites excluding steroid dienone is 1. The Kier molecular flexibility index (Phi) is 3.21. The van der Waals surface area contributed by atoms with E-state index in [4.69, 9.17) is 0 Å². The number of hydrogen-bond donors (Lipinski definition) is 3. The third-order valence-electron chi connectivity index (χ3n) is 5.11. The predicted octanol–water partition coefficient (Wildman–Crippen LogP) is 1.78. The molecule has 102 valence electrons. The van der Waals surface area contributed by atoms with Crippen molar-refractivity contribution in [2.75, 3.05) is 6.61 Å². The average molecular weight is 252 g/mol. The second-order valence-corrected chi connectivity index (χ2v) is 6.56. The Balaban J connectivity index is 2.34. The van der Waals surface area contributed by atoms with Crippen LogP contribution >= 0.6 is 0 Å². The van der Waals surface area contributed by atoms with Crippen LogP contribution in [-0.2, 0) is 0 Å². The predicted molar refractivity (Wildman–Crippen MR) is 71.0 cm³/mol. The number of aliphatic hydroxyl groups is 3. The number of hydrogen-bond acceptors (Lipinski definition) is 3. The topological polar surface area (TPSA) is 60.7 Å². The summed E-state index contributed by atoms with van der Waals surface area (Å²) in [6.07, 6.45) is 7.46. The molecule has 0 amide bonds. The highest BCUT2D eigenvalue weighted by Gasteiger charge is 2.50. The van der Waals surface area contributed by atoms with Gasteiger partial charge >= 0.3 is 0 Å². The molecule has 0 heterocycles. The quantitative estimate of drug-likeness (QED) is 0.657. The minimum Gasteiger partial charge on any atom is -0.392 e. The standard InChI is InChI=1S/C15H24O3/c1-13(4-6-14(2,18)7-5-13)15(3)9-12(17)8-11(15)10-16/h4,6,8,12,16-18H,5,7,9-10H2,1-3H3/t12-,13-,14+,15+/m0/s1. The molecular formula is C15H24O3. The van der Waals surface area contributed by atoms with Gasteiger partial charge in [0.2, 0.25) is 0 Å². The highest BCUT2D eigenvalue weighted by Crippen LogP contribution is 2.56. The molecule has 0 saturated heterocycles. The van der Waals surface area contributed by atoms with E-state index >= 15 is 0 Å². The van der Waals surface area contributed by atoms with Gasteiger partial charge in [-0.25, -0.2) is 0 Å². The second kappa shape index (κ2) is 4.19. The molecule has 3 nitrogen and oxygen atoms in total. The van der Waals surface area contributed by atoms with Crippen LogP contribution in [-0.4, -0.2) is 33.6 Å². The Morgan fingerprint density at radius 3 is 2.39 bits per heavy atom. The van der Waals surface area contributed by atoms with Crippen LogP contribution in [0.5, 0.6) is 0 Å². The van der Waals surface area contributed by atoms with Crippen molar-refractivity contribution in [1.29, 1.82) is 0 Å². The van der Waals surface area contributed by atoms with Crippen LogP contribution in [0.15, 0.2) is 23.8 Å². The van der Waals surface area contributed by atoms with Gasteiger partial charge in [-0.2, -0.15) is 0 Å². The third kappa shape index (κ3) is 2.04. The minimum atomic E-state index is -0.726. The Morgan fingerprint density at radius 2 is 1.89 bits per heavy atom. The van der Waals surface area contributed by atoms with Crippen LogP contribution in [0.1, 0.15) is 40.0 Å². The van der Waals surface area contributed by atoms with E-state index in [9.17, 15) is 15.3 Å². The van der Waals surface area contributed by atoms with E-state index in [1.54, 1.807) is 6.08 Å². The summed E-state index contributed by atoms with van der Waals surface area (Å²) in [7, 11) is 0. The van der Waals surface area contributed by atoms with Gasteiger partial charge in [0.05, 0.1) is 18.3 Å². The van der Waals surface area contributed by atoms with Crippen molar-refractivity contribution >= 4 is 0 Å². The molecule has 0 aromatic rings. The maximum absolute atomic E-state index is 10.0. The summed E-state index contributed by atoms with van der Waals surface area (Å²) in [5.41, 5.74) is -0.158. The van der Waals surface area contributed by atoms with Crippen LogP contribution < -0.4 is 0 Å². The highest BCUT2D eigenvalue weighted by molar-refractivity contribution is 5.31. The first-order chi connectivity index (χ1) is 8.22. The van der Waals surface area contributed by atoms with Gasteiger partial charge < -0.3 is 15.3 Å². The summed E-state index contributed by atoms with van der Waals surface area (Å²) < 4.78 is 0. The fourth-order valence-corrected chi connectivity index (χ4v) is 3.35. The lowest BCUT2D eigenvalue weighted by Gasteiger charge is -2.48. The summed E-state index contributed by atoms with van der Waals surface area (Å²) in [5.74, 6) is 0. The largest absolute Gasteiger partial charge is 0.392 e. The molecule has 0 fully saturated rings. The number of rotatable bonds is 2. The second-order valence-electron chi connectivity index (χ2n) is 6.56. The SMILES string of the molecule is C[C@]1([C@]2(C)C[C@@H](O)C=C2CO)C=C[C@@](C)(O)CC1. The molecule has 2 rings (SSSR count). The molecule has 0 bridgehead atoms. The third-order valence-corrected chi connectivity index (χ3v) is 5.11. The Labute approximate surface area is 109 Å².